The highest BCUT2D eigenvalue weighted by molar-refractivity contribution is 6.30. The summed E-state index contributed by atoms with van der Waals surface area (Å²) in [5.41, 5.74) is 6.63. The molecule has 0 radical (unpaired) electrons. The molecule has 5 atom stereocenters. The van der Waals surface area contributed by atoms with Crippen molar-refractivity contribution in [1.82, 2.24) is 15.1 Å². The van der Waals surface area contributed by atoms with Crippen LogP contribution in [0.4, 0.5) is 0 Å². The van der Waals surface area contributed by atoms with Gasteiger partial charge in [-0.3, -0.25) is 19.0 Å². The van der Waals surface area contributed by atoms with Crippen molar-refractivity contribution in [2.75, 3.05) is 40.3 Å². The lowest BCUT2D eigenvalue weighted by Crippen LogP contribution is -2.61. The molecule has 0 aromatic heterocycles. The molecule has 8 nitrogen and oxygen atoms in total. The third kappa shape index (κ3) is 7.72. The highest BCUT2D eigenvalue weighted by Crippen LogP contribution is 2.44. The molecule has 0 spiro atoms. The molecule has 1 aliphatic carbocycles. The molecule has 1 unspecified atom stereocenters. The first-order valence-corrected chi connectivity index (χ1v) is 16.9. The lowest BCUT2D eigenvalue weighted by atomic mass is 9.74. The van der Waals surface area contributed by atoms with Crippen molar-refractivity contribution in [1.29, 1.82) is 0 Å². The molecule has 45 heavy (non-hydrogen) atoms. The summed E-state index contributed by atoms with van der Waals surface area (Å²) in [6, 6.07) is 7.10. The number of carbonyl (C=O) groups excluding carboxylic acids is 3. The average molecular weight is 668 g/mol. The standard InChI is InChI=1S/C35H56ClN5O3.ClH/c1-33(2,3)39-19-27(23-10-12-24(36)13-11-23)28(20-39)31(43)41(9)21-26(18-29(41)30(42)38-8)40(32(44)35(6,7)22-37)25-14-16-34(4,5)17-15-25;/h10-13,25-29H,14-22,37H2,1-9H3;1H/p+1/t26-,27-,28+,29-,41?;/m0./s1. The first-order valence-electron chi connectivity index (χ1n) is 16.5. The van der Waals surface area contributed by atoms with Gasteiger partial charge in [0.25, 0.3) is 5.91 Å². The molecule has 3 amide bonds. The van der Waals surface area contributed by atoms with Crippen LogP contribution in [-0.2, 0) is 14.4 Å². The molecule has 0 bridgehead atoms. The van der Waals surface area contributed by atoms with E-state index < -0.39 is 11.5 Å². The summed E-state index contributed by atoms with van der Waals surface area (Å²) in [5.74, 6) is -0.361. The summed E-state index contributed by atoms with van der Waals surface area (Å²) in [7, 11) is 3.57. The van der Waals surface area contributed by atoms with E-state index in [1.807, 2.05) is 45.2 Å². The number of nitrogens with zero attached hydrogens (tertiary/aromatic N) is 3. The number of nitrogens with one attached hydrogen (secondary N) is 1. The van der Waals surface area contributed by atoms with Crippen LogP contribution in [0.5, 0.6) is 0 Å². The van der Waals surface area contributed by atoms with E-state index in [1.54, 1.807) is 7.05 Å². The molecular weight excluding hydrogens is 609 g/mol. The Bertz CT molecular complexity index is 1220. The number of hydrogen-bond donors (Lipinski definition) is 2. The number of nitrogens with two attached hydrogens (primary N) is 1. The molecule has 3 fully saturated rings. The monoisotopic (exact) mass is 666 g/mol. The van der Waals surface area contributed by atoms with Crippen LogP contribution < -0.4 is 11.1 Å². The normalized spacial score (nSPS) is 29.2. The maximum Gasteiger partial charge on any atom is 0.319 e. The van der Waals surface area contributed by atoms with Crippen LogP contribution in [0.2, 0.25) is 5.02 Å². The fourth-order valence-corrected chi connectivity index (χ4v) is 7.99. The summed E-state index contributed by atoms with van der Waals surface area (Å²) in [5, 5.41) is 3.52. The van der Waals surface area contributed by atoms with Gasteiger partial charge in [0.15, 0.2) is 6.04 Å². The third-order valence-corrected chi connectivity index (χ3v) is 11.4. The van der Waals surface area contributed by atoms with Gasteiger partial charge >= 0.3 is 5.91 Å². The van der Waals surface area contributed by atoms with Crippen LogP contribution in [0.25, 0.3) is 0 Å². The van der Waals surface area contributed by atoms with Crippen molar-refractivity contribution < 1.29 is 18.9 Å². The molecule has 2 saturated heterocycles. The quantitative estimate of drug-likeness (QED) is 0.389. The molecular formula is C35H58Cl2N5O3+. The Hall–Kier alpha value is -1.71. The number of benzene rings is 1. The minimum atomic E-state index is -0.732. The second-order valence-corrected chi connectivity index (χ2v) is 16.8. The first kappa shape index (κ1) is 37.7. The van der Waals surface area contributed by atoms with Gasteiger partial charge in [0.1, 0.15) is 6.54 Å². The number of amides is 3. The van der Waals surface area contributed by atoms with Crippen molar-refractivity contribution in [3.63, 3.8) is 0 Å². The second kappa shape index (κ2) is 13.8. The van der Waals surface area contributed by atoms with Crippen LogP contribution in [0, 0.1) is 16.7 Å². The van der Waals surface area contributed by atoms with Crippen LogP contribution in [0.15, 0.2) is 24.3 Å². The Morgan fingerprint density at radius 3 is 2.13 bits per heavy atom. The van der Waals surface area contributed by atoms with Crippen molar-refractivity contribution in [3.05, 3.63) is 34.9 Å². The average Bonchev–Trinajstić information content (AvgIpc) is 3.56. The highest BCUT2D eigenvalue weighted by atomic mass is 35.5. The van der Waals surface area contributed by atoms with E-state index in [4.69, 9.17) is 17.3 Å². The molecule has 2 aliphatic heterocycles. The summed E-state index contributed by atoms with van der Waals surface area (Å²) in [6.45, 7) is 17.0. The smallest absolute Gasteiger partial charge is 0.319 e. The molecule has 3 N–H and O–H groups in total. The Labute approximate surface area is 282 Å². The largest absolute Gasteiger partial charge is 0.354 e. The van der Waals surface area contributed by atoms with E-state index >= 15 is 0 Å². The van der Waals surface area contributed by atoms with Gasteiger partial charge < -0.3 is 16.0 Å². The number of rotatable bonds is 7. The van der Waals surface area contributed by atoms with E-state index in [-0.39, 0.29) is 76.0 Å². The summed E-state index contributed by atoms with van der Waals surface area (Å²) in [4.78, 5) is 47.3. The lowest BCUT2D eigenvalue weighted by molar-refractivity contribution is -0.840. The Balaban J connectivity index is 0.00000552. The maximum absolute atomic E-state index is 15.0. The molecule has 1 aromatic rings. The van der Waals surface area contributed by atoms with Gasteiger partial charge in [-0.05, 0) is 83.4 Å². The number of hydrogen-bond acceptors (Lipinski definition) is 5. The van der Waals surface area contributed by atoms with Gasteiger partial charge in [0.05, 0.1) is 24.4 Å². The molecule has 1 aromatic carbocycles. The zero-order valence-corrected chi connectivity index (χ0v) is 30.6. The van der Waals surface area contributed by atoms with Crippen LogP contribution >= 0.6 is 24.0 Å². The van der Waals surface area contributed by atoms with E-state index in [0.717, 1.165) is 37.8 Å². The molecule has 254 valence electrons. The minimum Gasteiger partial charge on any atom is -0.354 e. The maximum atomic E-state index is 15.0. The molecule has 10 heteroatoms. The van der Waals surface area contributed by atoms with Gasteiger partial charge in [-0.1, -0.05) is 37.6 Å². The van der Waals surface area contributed by atoms with E-state index in [9.17, 15) is 14.4 Å². The first-order chi connectivity index (χ1) is 20.3. The van der Waals surface area contributed by atoms with Crippen molar-refractivity contribution in [2.45, 2.75) is 110 Å². The SMILES string of the molecule is CNC(=O)[C@@H]1C[C@H](N(C(=O)C(C)(C)CN)C2CCC(C)(C)CC2)C[N+]1(C)C(=O)[C@@H]1CN(C(C)(C)C)C[C@H]1c1ccc(Cl)cc1.Cl. The number of likely N-dealkylation sites (tertiary alicyclic amines) is 2. The van der Waals surface area contributed by atoms with Crippen LogP contribution in [-0.4, -0.2) is 95.9 Å². The van der Waals surface area contributed by atoms with Crippen molar-refractivity contribution >= 4 is 41.7 Å². The lowest BCUT2D eigenvalue weighted by Gasteiger charge is -2.45. The van der Waals surface area contributed by atoms with Crippen molar-refractivity contribution in [3.8, 4) is 0 Å². The van der Waals surface area contributed by atoms with E-state index in [0.29, 0.717) is 24.5 Å². The zero-order valence-electron chi connectivity index (χ0n) is 29.0. The van der Waals surface area contributed by atoms with Gasteiger partial charge in [-0.2, -0.15) is 0 Å². The summed E-state index contributed by atoms with van der Waals surface area (Å²) < 4.78 is -0.0118. The molecule has 3 aliphatic rings. The summed E-state index contributed by atoms with van der Waals surface area (Å²) in [6.07, 6.45) is 4.36. The number of quaternary nitrogens is 1. The number of halogens is 2. The second-order valence-electron chi connectivity index (χ2n) is 16.3. The molecule has 4 rings (SSSR count). The zero-order chi connectivity index (χ0) is 32.8. The fourth-order valence-electron chi connectivity index (χ4n) is 7.86. The van der Waals surface area contributed by atoms with Crippen LogP contribution in [0.1, 0.15) is 92.1 Å². The van der Waals surface area contributed by atoms with Gasteiger partial charge in [0, 0.05) is 55.6 Å². The Morgan fingerprint density at radius 2 is 1.62 bits per heavy atom. The molecule has 2 heterocycles. The van der Waals surface area contributed by atoms with Gasteiger partial charge in [0.2, 0.25) is 5.91 Å². The number of carbonyl (C=O) groups is 3. The third-order valence-electron chi connectivity index (χ3n) is 11.1. The predicted octanol–water partition coefficient (Wildman–Crippen LogP) is 5.22. The highest BCUT2D eigenvalue weighted by Gasteiger charge is 2.59. The minimum absolute atomic E-state index is 0. The topological polar surface area (TPSA) is 95.7 Å². The van der Waals surface area contributed by atoms with Crippen molar-refractivity contribution in [2.24, 2.45) is 22.5 Å². The van der Waals surface area contributed by atoms with E-state index in [2.05, 4.69) is 49.7 Å². The van der Waals surface area contributed by atoms with Crippen LogP contribution in [0.3, 0.4) is 0 Å². The fraction of sp³-hybridized carbons (Fsp3) is 0.743. The number of likely N-dealkylation sites (N-methyl/N-ethyl adjacent to an activating group) is 2. The Morgan fingerprint density at radius 1 is 1.04 bits per heavy atom. The summed E-state index contributed by atoms with van der Waals surface area (Å²) >= 11 is 6.24. The Kier molecular flexibility index (Phi) is 11.6. The van der Waals surface area contributed by atoms with Gasteiger partial charge in [-0.15, -0.1) is 12.4 Å². The molecule has 1 saturated carbocycles. The van der Waals surface area contributed by atoms with Gasteiger partial charge in [-0.25, -0.2) is 4.79 Å². The predicted molar refractivity (Wildman–Crippen MR) is 184 cm³/mol. The van der Waals surface area contributed by atoms with E-state index in [1.165, 1.54) is 0 Å².